The number of nitrogens with two attached hydrogens (primary N) is 1. The zero-order chi connectivity index (χ0) is 22.2. The molecule has 0 aliphatic heterocycles. The van der Waals surface area contributed by atoms with Crippen LogP contribution in [-0.2, 0) is 29.2 Å². The van der Waals surface area contributed by atoms with Crippen LogP contribution in [0.15, 0.2) is 0 Å². The highest BCUT2D eigenvalue weighted by Crippen LogP contribution is 2.38. The molecule has 0 spiro atoms. The monoisotopic (exact) mass is 424 g/mol. The van der Waals surface area contributed by atoms with Crippen molar-refractivity contribution >= 4 is 22.1 Å². The number of ether oxygens (including phenoxy) is 2. The zero-order valence-corrected chi connectivity index (χ0v) is 18.8. The summed E-state index contributed by atoms with van der Waals surface area (Å²) in [7, 11) is -0.769. The maximum Gasteiger partial charge on any atom is 0.312 e. The summed E-state index contributed by atoms with van der Waals surface area (Å²) in [5.74, 6) is -1.31. The van der Waals surface area contributed by atoms with Crippen LogP contribution in [0.4, 0.5) is 0 Å². The Bertz CT molecular complexity index is 632. The molecule has 0 bridgehead atoms. The number of hydrogen-bond donors (Lipinski definition) is 1. The summed E-state index contributed by atoms with van der Waals surface area (Å²) in [6.07, 6.45) is 0.734. The Morgan fingerprint density at radius 3 is 2.04 bits per heavy atom. The predicted molar refractivity (Wildman–Crippen MR) is 104 cm³/mol. The van der Waals surface area contributed by atoms with Gasteiger partial charge in [-0.3, -0.25) is 9.59 Å². The number of quaternary nitrogens is 1. The fraction of sp³-hybridized carbons (Fsp3) is 0.889. The van der Waals surface area contributed by atoms with Crippen molar-refractivity contribution in [2.75, 3.05) is 52.7 Å². The van der Waals surface area contributed by atoms with Crippen LogP contribution in [0.25, 0.3) is 0 Å². The second-order valence-corrected chi connectivity index (χ2v) is 10.2. The highest BCUT2D eigenvalue weighted by molar-refractivity contribution is 7.85. The third-order valence-corrected chi connectivity index (χ3v) is 5.57. The molecule has 166 valence electrons. The Balaban J connectivity index is 4.83. The van der Waals surface area contributed by atoms with Gasteiger partial charge in [-0.1, -0.05) is 6.92 Å². The van der Waals surface area contributed by atoms with Crippen molar-refractivity contribution in [1.82, 2.24) is 0 Å². The van der Waals surface area contributed by atoms with Crippen LogP contribution in [0.3, 0.4) is 0 Å². The van der Waals surface area contributed by atoms with Crippen LogP contribution in [0.5, 0.6) is 0 Å². The number of nitrogens with zero attached hydrogens (tertiary/aromatic N) is 1. The van der Waals surface area contributed by atoms with Gasteiger partial charge in [-0.15, -0.1) is 0 Å². The number of esters is 2. The Kier molecular flexibility index (Phi) is 10.1. The van der Waals surface area contributed by atoms with E-state index in [0.717, 1.165) is 0 Å². The van der Waals surface area contributed by atoms with Gasteiger partial charge in [0.1, 0.15) is 29.9 Å². The molecular weight excluding hydrogens is 388 g/mol. The third-order valence-electron chi connectivity index (χ3n) is 4.89. The average Bonchev–Trinajstić information content (AvgIpc) is 2.56. The molecule has 0 saturated heterocycles. The average molecular weight is 425 g/mol. The quantitative estimate of drug-likeness (QED) is 0.256. The van der Waals surface area contributed by atoms with Gasteiger partial charge < -0.3 is 24.2 Å². The van der Waals surface area contributed by atoms with E-state index in [1.165, 1.54) is 0 Å². The van der Waals surface area contributed by atoms with Crippen molar-refractivity contribution < 1.29 is 36.5 Å². The van der Waals surface area contributed by atoms with Gasteiger partial charge in [-0.25, -0.2) is 8.42 Å². The Labute approximate surface area is 168 Å². The van der Waals surface area contributed by atoms with Gasteiger partial charge in [0.2, 0.25) is 0 Å². The molecule has 0 heterocycles. The standard InChI is InChI=1S/C18H36N2O7S/c1-7-18(4,14-17(2,3)15(21)26-11-8-19)16(22)27-12-9-20(5,6)10-13-28(23,24)25/h7-14,19H2,1-6H3. The minimum absolute atomic E-state index is 0.0817. The molecule has 10 heteroatoms. The molecule has 0 aliphatic rings. The van der Waals surface area contributed by atoms with E-state index >= 15 is 0 Å². The number of rotatable bonds is 13. The van der Waals surface area contributed by atoms with Crippen LogP contribution in [0.1, 0.15) is 40.5 Å². The molecule has 2 N–H and O–H groups in total. The minimum atomic E-state index is -4.29. The highest BCUT2D eigenvalue weighted by Gasteiger charge is 2.43. The molecule has 28 heavy (non-hydrogen) atoms. The largest absolute Gasteiger partial charge is 0.748 e. The van der Waals surface area contributed by atoms with E-state index in [1.54, 1.807) is 34.9 Å². The van der Waals surface area contributed by atoms with Crippen molar-refractivity contribution in [3.8, 4) is 0 Å². The van der Waals surface area contributed by atoms with E-state index in [-0.39, 0.29) is 37.2 Å². The lowest BCUT2D eigenvalue weighted by Crippen LogP contribution is -2.46. The fourth-order valence-electron chi connectivity index (χ4n) is 2.77. The first kappa shape index (κ1) is 26.8. The molecule has 1 atom stereocenters. The Morgan fingerprint density at radius 1 is 1.04 bits per heavy atom. The van der Waals surface area contributed by atoms with Crippen LogP contribution >= 0.6 is 0 Å². The Hall–Kier alpha value is -1.23. The summed E-state index contributed by atoms with van der Waals surface area (Å²) >= 11 is 0. The van der Waals surface area contributed by atoms with Gasteiger partial charge in [-0.05, 0) is 33.6 Å². The lowest BCUT2D eigenvalue weighted by atomic mass is 9.72. The minimum Gasteiger partial charge on any atom is -0.748 e. The SMILES string of the molecule is CCC(C)(CC(C)(C)C(=O)OCCN)C(=O)OCC[N+](C)(C)CCS(=O)(=O)[O-]. The van der Waals surface area contributed by atoms with E-state index in [9.17, 15) is 22.6 Å². The topological polar surface area (TPSA) is 136 Å². The normalized spacial score (nSPS) is 15.0. The molecule has 9 nitrogen and oxygen atoms in total. The van der Waals surface area contributed by atoms with E-state index < -0.39 is 38.6 Å². The molecule has 0 aliphatic carbocycles. The van der Waals surface area contributed by atoms with Crippen molar-refractivity contribution in [2.45, 2.75) is 40.5 Å². The molecular formula is C18H36N2O7S. The second kappa shape index (κ2) is 10.5. The Morgan fingerprint density at radius 2 is 1.57 bits per heavy atom. The molecule has 1 unspecified atom stereocenters. The lowest BCUT2D eigenvalue weighted by Gasteiger charge is -2.34. The van der Waals surface area contributed by atoms with Crippen LogP contribution in [0, 0.1) is 10.8 Å². The first-order chi connectivity index (χ1) is 12.6. The number of likely N-dealkylation sites (N-methyl/N-ethyl adjacent to an activating group) is 1. The van der Waals surface area contributed by atoms with Gasteiger partial charge in [0.05, 0.1) is 37.2 Å². The van der Waals surface area contributed by atoms with Gasteiger partial charge in [-0.2, -0.15) is 0 Å². The molecule has 0 amide bonds. The van der Waals surface area contributed by atoms with Gasteiger partial charge in [0, 0.05) is 6.54 Å². The van der Waals surface area contributed by atoms with E-state index in [0.29, 0.717) is 13.0 Å². The van der Waals surface area contributed by atoms with Crippen molar-refractivity contribution in [3.63, 3.8) is 0 Å². The first-order valence-electron chi connectivity index (χ1n) is 9.39. The van der Waals surface area contributed by atoms with E-state index in [4.69, 9.17) is 15.2 Å². The summed E-state index contributed by atoms with van der Waals surface area (Å²) in [5.41, 5.74) is 3.60. The second-order valence-electron chi connectivity index (χ2n) is 8.68. The van der Waals surface area contributed by atoms with Gasteiger partial charge in [0.15, 0.2) is 0 Å². The van der Waals surface area contributed by atoms with Crippen molar-refractivity contribution in [3.05, 3.63) is 0 Å². The summed E-state index contributed by atoms with van der Waals surface area (Å²) in [4.78, 5) is 24.9. The van der Waals surface area contributed by atoms with Crippen molar-refractivity contribution in [1.29, 1.82) is 0 Å². The number of carbonyl (C=O) groups is 2. The molecule has 0 aromatic heterocycles. The zero-order valence-electron chi connectivity index (χ0n) is 17.9. The van der Waals surface area contributed by atoms with Gasteiger partial charge in [0.25, 0.3) is 0 Å². The summed E-state index contributed by atoms with van der Waals surface area (Å²) in [6, 6.07) is 0. The van der Waals surface area contributed by atoms with Crippen molar-refractivity contribution in [2.24, 2.45) is 16.6 Å². The summed E-state index contributed by atoms with van der Waals surface area (Å²) in [5, 5.41) is 0. The molecule has 0 fully saturated rings. The fourth-order valence-corrected chi connectivity index (χ4v) is 3.48. The summed E-state index contributed by atoms with van der Waals surface area (Å²) < 4.78 is 43.1. The van der Waals surface area contributed by atoms with E-state index in [2.05, 4.69) is 0 Å². The molecule has 0 saturated carbocycles. The number of carbonyl (C=O) groups excluding carboxylic acids is 2. The third kappa shape index (κ3) is 9.81. The van der Waals surface area contributed by atoms with Crippen LogP contribution < -0.4 is 5.73 Å². The molecule has 0 aromatic carbocycles. The maximum atomic E-state index is 12.7. The maximum absolute atomic E-state index is 12.7. The smallest absolute Gasteiger partial charge is 0.312 e. The molecule has 0 rings (SSSR count). The van der Waals surface area contributed by atoms with Crippen LogP contribution in [0.2, 0.25) is 0 Å². The van der Waals surface area contributed by atoms with Gasteiger partial charge >= 0.3 is 11.9 Å². The van der Waals surface area contributed by atoms with Crippen LogP contribution in [-0.4, -0.2) is 82.1 Å². The number of hydrogen-bond acceptors (Lipinski definition) is 8. The lowest BCUT2D eigenvalue weighted by molar-refractivity contribution is -0.888. The summed E-state index contributed by atoms with van der Waals surface area (Å²) in [6.45, 7) is 7.97. The van der Waals surface area contributed by atoms with E-state index in [1.807, 2.05) is 6.92 Å². The first-order valence-corrected chi connectivity index (χ1v) is 11.0. The highest BCUT2D eigenvalue weighted by atomic mass is 32.2. The molecule has 0 aromatic rings. The molecule has 0 radical (unpaired) electrons. The predicted octanol–water partition coefficient (Wildman–Crippen LogP) is 0.486.